The largest absolute Gasteiger partial charge is 0.507 e. The molecule has 1 aromatic rings. The van der Waals surface area contributed by atoms with Crippen LogP contribution < -0.4 is 0 Å². The van der Waals surface area contributed by atoms with Crippen molar-refractivity contribution in [2.24, 2.45) is 0 Å². The van der Waals surface area contributed by atoms with Crippen molar-refractivity contribution < 1.29 is 9.90 Å². The first-order valence-electron chi connectivity index (χ1n) is 5.44. The van der Waals surface area contributed by atoms with E-state index in [9.17, 15) is 9.90 Å². The minimum Gasteiger partial charge on any atom is -0.507 e. The van der Waals surface area contributed by atoms with Gasteiger partial charge in [0.1, 0.15) is 5.75 Å². The number of rotatable bonds is 4. The highest BCUT2D eigenvalue weighted by atomic mass is 16.3. The third-order valence-electron chi connectivity index (χ3n) is 2.87. The van der Waals surface area contributed by atoms with Crippen molar-refractivity contribution in [2.45, 2.75) is 39.5 Å². The number of Topliss-reactive ketones (excluding diaryl/α,β-unsaturated/α-hetero) is 1. The van der Waals surface area contributed by atoms with Crippen molar-refractivity contribution in [1.82, 2.24) is 0 Å². The molecule has 0 fully saturated rings. The van der Waals surface area contributed by atoms with Gasteiger partial charge >= 0.3 is 0 Å². The maximum absolute atomic E-state index is 11.3. The van der Waals surface area contributed by atoms with Crippen molar-refractivity contribution in [1.29, 1.82) is 0 Å². The number of carbonyl (C=O) groups is 1. The summed E-state index contributed by atoms with van der Waals surface area (Å²) in [5, 5.41) is 9.97. The van der Waals surface area contributed by atoms with Gasteiger partial charge in [0.2, 0.25) is 0 Å². The third kappa shape index (κ3) is 2.38. The normalized spacial score (nSPS) is 10.7. The van der Waals surface area contributed by atoms with E-state index in [1.165, 1.54) is 6.92 Å². The first-order valence-corrected chi connectivity index (χ1v) is 5.44. The van der Waals surface area contributed by atoms with Crippen LogP contribution in [0.5, 0.6) is 5.75 Å². The van der Waals surface area contributed by atoms with Crippen LogP contribution in [0, 0.1) is 0 Å². The smallest absolute Gasteiger partial charge is 0.163 e. The molecule has 0 aromatic heterocycles. The number of phenolic OH excluding ortho intramolecular Hbond substituents is 1. The number of aromatic hydroxyl groups is 1. The maximum Gasteiger partial charge on any atom is 0.163 e. The molecule has 1 rings (SSSR count). The van der Waals surface area contributed by atoms with Gasteiger partial charge in [0.15, 0.2) is 5.78 Å². The monoisotopic (exact) mass is 206 g/mol. The number of hydrogen-bond donors (Lipinski definition) is 1. The quantitative estimate of drug-likeness (QED) is 0.765. The highest BCUT2D eigenvalue weighted by Gasteiger charge is 2.15. The van der Waals surface area contributed by atoms with Crippen LogP contribution in [0.15, 0.2) is 18.2 Å². The topological polar surface area (TPSA) is 37.3 Å². The van der Waals surface area contributed by atoms with Crippen LogP contribution in [0.1, 0.15) is 55.5 Å². The molecule has 0 spiro atoms. The summed E-state index contributed by atoms with van der Waals surface area (Å²) in [6.07, 6.45) is 1.96. The molecule has 0 amide bonds. The van der Waals surface area contributed by atoms with E-state index in [0.29, 0.717) is 11.5 Å². The Balaban J connectivity index is 3.19. The van der Waals surface area contributed by atoms with Crippen LogP contribution in [0.3, 0.4) is 0 Å². The Kier molecular flexibility index (Phi) is 3.89. The zero-order valence-corrected chi connectivity index (χ0v) is 9.58. The van der Waals surface area contributed by atoms with Crippen LogP contribution in [0.25, 0.3) is 0 Å². The van der Waals surface area contributed by atoms with Crippen LogP contribution in [-0.2, 0) is 0 Å². The van der Waals surface area contributed by atoms with Crippen LogP contribution >= 0.6 is 0 Å². The molecule has 0 saturated heterocycles. The average molecular weight is 206 g/mol. The van der Waals surface area contributed by atoms with E-state index in [4.69, 9.17) is 0 Å². The molecule has 0 saturated carbocycles. The summed E-state index contributed by atoms with van der Waals surface area (Å²) in [5.41, 5.74) is 1.33. The van der Waals surface area contributed by atoms with Crippen LogP contribution in [0.4, 0.5) is 0 Å². The number of hydrogen-bond acceptors (Lipinski definition) is 2. The molecular formula is C13H18O2. The van der Waals surface area contributed by atoms with E-state index in [0.717, 1.165) is 18.4 Å². The Bertz CT molecular complexity index is 352. The lowest BCUT2D eigenvalue weighted by Gasteiger charge is -2.15. The summed E-state index contributed by atoms with van der Waals surface area (Å²) in [6.45, 7) is 5.66. The fourth-order valence-electron chi connectivity index (χ4n) is 1.90. The standard InChI is InChI=1S/C13H18O2/c1-4-10(5-2)12-8-6-7-11(9(3)14)13(12)15/h6-8,10,15H,4-5H2,1-3H3. The molecule has 1 N–H and O–H groups in total. The van der Waals surface area contributed by atoms with Gasteiger partial charge in [-0.05, 0) is 37.3 Å². The Morgan fingerprint density at radius 1 is 1.33 bits per heavy atom. The number of para-hydroxylation sites is 1. The predicted molar refractivity (Wildman–Crippen MR) is 61.4 cm³/mol. The number of carbonyl (C=O) groups excluding carboxylic acids is 1. The van der Waals surface area contributed by atoms with E-state index in [-0.39, 0.29) is 11.5 Å². The molecule has 0 aliphatic heterocycles. The Labute approximate surface area is 90.9 Å². The van der Waals surface area contributed by atoms with Gasteiger partial charge in [0, 0.05) is 0 Å². The van der Waals surface area contributed by atoms with Crippen molar-refractivity contribution >= 4 is 5.78 Å². The van der Waals surface area contributed by atoms with E-state index in [1.807, 2.05) is 12.1 Å². The molecule has 0 radical (unpaired) electrons. The minimum absolute atomic E-state index is 0.0830. The molecule has 0 aliphatic carbocycles. The molecule has 0 heterocycles. The van der Waals surface area contributed by atoms with Crippen molar-refractivity contribution in [3.63, 3.8) is 0 Å². The van der Waals surface area contributed by atoms with E-state index in [1.54, 1.807) is 6.07 Å². The molecule has 0 bridgehead atoms. The maximum atomic E-state index is 11.3. The Morgan fingerprint density at radius 2 is 1.93 bits per heavy atom. The SMILES string of the molecule is CCC(CC)c1cccc(C(C)=O)c1O. The lowest BCUT2D eigenvalue weighted by molar-refractivity contribution is 0.101. The van der Waals surface area contributed by atoms with Gasteiger partial charge < -0.3 is 5.11 Å². The number of phenols is 1. The van der Waals surface area contributed by atoms with E-state index in [2.05, 4.69) is 13.8 Å². The van der Waals surface area contributed by atoms with Gasteiger partial charge in [-0.15, -0.1) is 0 Å². The predicted octanol–water partition coefficient (Wildman–Crippen LogP) is 3.50. The molecule has 15 heavy (non-hydrogen) atoms. The first-order chi connectivity index (χ1) is 7.11. The summed E-state index contributed by atoms with van der Waals surface area (Å²) >= 11 is 0. The second kappa shape index (κ2) is 4.96. The molecule has 2 nitrogen and oxygen atoms in total. The van der Waals surface area contributed by atoms with Crippen LogP contribution in [0.2, 0.25) is 0 Å². The second-order valence-electron chi connectivity index (χ2n) is 3.81. The average Bonchev–Trinajstić information content (AvgIpc) is 2.21. The number of benzene rings is 1. The van der Waals surface area contributed by atoms with Gasteiger partial charge in [-0.3, -0.25) is 4.79 Å². The summed E-state index contributed by atoms with van der Waals surface area (Å²) in [5.74, 6) is 0.420. The third-order valence-corrected chi connectivity index (χ3v) is 2.87. The van der Waals surface area contributed by atoms with Gasteiger partial charge in [-0.25, -0.2) is 0 Å². The number of ketones is 1. The molecule has 0 unspecified atom stereocenters. The molecule has 0 atom stereocenters. The summed E-state index contributed by atoms with van der Waals surface area (Å²) < 4.78 is 0. The lowest BCUT2D eigenvalue weighted by Crippen LogP contribution is -2.00. The van der Waals surface area contributed by atoms with E-state index < -0.39 is 0 Å². The molecule has 82 valence electrons. The Morgan fingerprint density at radius 3 is 2.40 bits per heavy atom. The fourth-order valence-corrected chi connectivity index (χ4v) is 1.90. The van der Waals surface area contributed by atoms with Crippen LogP contribution in [-0.4, -0.2) is 10.9 Å². The molecule has 2 heteroatoms. The van der Waals surface area contributed by atoms with E-state index >= 15 is 0 Å². The zero-order valence-electron chi connectivity index (χ0n) is 9.58. The molecular weight excluding hydrogens is 188 g/mol. The Hall–Kier alpha value is -1.31. The fraction of sp³-hybridized carbons (Fsp3) is 0.462. The van der Waals surface area contributed by atoms with Gasteiger partial charge in [-0.1, -0.05) is 26.0 Å². The lowest BCUT2D eigenvalue weighted by atomic mass is 9.91. The van der Waals surface area contributed by atoms with Gasteiger partial charge in [0.05, 0.1) is 5.56 Å². The summed E-state index contributed by atoms with van der Waals surface area (Å²) in [6, 6.07) is 5.41. The highest BCUT2D eigenvalue weighted by Crippen LogP contribution is 2.33. The summed E-state index contributed by atoms with van der Waals surface area (Å²) in [4.78, 5) is 11.3. The van der Waals surface area contributed by atoms with Crippen molar-refractivity contribution in [3.8, 4) is 5.75 Å². The summed E-state index contributed by atoms with van der Waals surface area (Å²) in [7, 11) is 0. The first kappa shape index (κ1) is 11.8. The minimum atomic E-state index is -0.0830. The zero-order chi connectivity index (χ0) is 11.4. The highest BCUT2D eigenvalue weighted by molar-refractivity contribution is 5.97. The molecule has 0 aliphatic rings. The molecule has 1 aromatic carbocycles. The van der Waals surface area contributed by atoms with Crippen molar-refractivity contribution in [3.05, 3.63) is 29.3 Å². The van der Waals surface area contributed by atoms with Gasteiger partial charge in [-0.2, -0.15) is 0 Å². The van der Waals surface area contributed by atoms with Gasteiger partial charge in [0.25, 0.3) is 0 Å². The van der Waals surface area contributed by atoms with Crippen molar-refractivity contribution in [2.75, 3.05) is 0 Å². The second-order valence-corrected chi connectivity index (χ2v) is 3.81.